The molecule has 18 heavy (non-hydrogen) atoms. The maximum Gasteiger partial charge on any atom is 0.156 e. The topological polar surface area (TPSA) is 36.9 Å². The van der Waals surface area contributed by atoms with E-state index in [4.69, 9.17) is 4.74 Å². The molecular weight excluding hydrogens is 246 g/mol. The van der Waals surface area contributed by atoms with Crippen LogP contribution in [-0.4, -0.2) is 61.3 Å². The molecule has 2 rings (SSSR count). The Bertz CT molecular complexity index is 277. The summed E-state index contributed by atoms with van der Waals surface area (Å²) in [5.74, 6) is 0.769. The summed E-state index contributed by atoms with van der Waals surface area (Å²) in [5.41, 5.74) is 0. The first kappa shape index (κ1) is 14.2. The summed E-state index contributed by atoms with van der Waals surface area (Å²) in [6, 6.07) is 0. The fourth-order valence-electron chi connectivity index (χ4n) is 2.31. The van der Waals surface area contributed by atoms with Crippen LogP contribution in [0.5, 0.6) is 0 Å². The molecular formula is C13H25N3OS. The van der Waals surface area contributed by atoms with Gasteiger partial charge in [-0.25, -0.2) is 0 Å². The number of amidine groups is 1. The van der Waals surface area contributed by atoms with Crippen LogP contribution in [0.3, 0.4) is 0 Å². The second-order valence-electron chi connectivity index (χ2n) is 5.40. The van der Waals surface area contributed by atoms with Crippen molar-refractivity contribution in [2.75, 3.05) is 45.9 Å². The molecule has 2 aliphatic rings. The quantitative estimate of drug-likeness (QED) is 0.821. The molecule has 0 saturated carbocycles. The maximum absolute atomic E-state index is 5.34. The van der Waals surface area contributed by atoms with Gasteiger partial charge in [0.1, 0.15) is 0 Å². The molecule has 1 N–H and O–H groups in total. The van der Waals surface area contributed by atoms with Gasteiger partial charge >= 0.3 is 0 Å². The van der Waals surface area contributed by atoms with E-state index in [-0.39, 0.29) is 0 Å². The van der Waals surface area contributed by atoms with Crippen LogP contribution in [0.1, 0.15) is 20.3 Å². The zero-order valence-electron chi connectivity index (χ0n) is 11.5. The molecule has 0 amide bonds. The van der Waals surface area contributed by atoms with Crippen molar-refractivity contribution in [2.24, 2.45) is 10.9 Å². The lowest BCUT2D eigenvalue weighted by molar-refractivity contribution is 0.0389. The predicted octanol–water partition coefficient (Wildman–Crippen LogP) is 1.43. The van der Waals surface area contributed by atoms with Gasteiger partial charge < -0.3 is 10.1 Å². The van der Waals surface area contributed by atoms with E-state index in [9.17, 15) is 0 Å². The van der Waals surface area contributed by atoms with E-state index in [1.807, 2.05) is 11.8 Å². The minimum atomic E-state index is 0.691. The number of morpholine rings is 1. The van der Waals surface area contributed by atoms with E-state index < -0.39 is 0 Å². The molecule has 1 atom stereocenters. The number of rotatable bonds is 5. The zero-order chi connectivity index (χ0) is 12.8. The van der Waals surface area contributed by atoms with Crippen molar-refractivity contribution in [3.8, 4) is 0 Å². The van der Waals surface area contributed by atoms with Crippen LogP contribution in [0.4, 0.5) is 0 Å². The Balaban J connectivity index is 1.57. The van der Waals surface area contributed by atoms with Crippen molar-refractivity contribution in [1.29, 1.82) is 0 Å². The van der Waals surface area contributed by atoms with Crippen LogP contribution in [0, 0.1) is 5.92 Å². The second kappa shape index (κ2) is 7.36. The SMILES string of the molecule is CC(C)CC1CN=C(NCCN2CCOCC2)S1. The number of hydrogen-bond acceptors (Lipinski definition) is 5. The summed E-state index contributed by atoms with van der Waals surface area (Å²) in [5, 5.41) is 5.30. The van der Waals surface area contributed by atoms with Gasteiger partial charge in [-0.2, -0.15) is 0 Å². The molecule has 0 bridgehead atoms. The molecule has 2 heterocycles. The average molecular weight is 271 g/mol. The maximum atomic E-state index is 5.34. The van der Waals surface area contributed by atoms with Crippen LogP contribution in [0.25, 0.3) is 0 Å². The molecule has 1 saturated heterocycles. The summed E-state index contributed by atoms with van der Waals surface area (Å²) in [4.78, 5) is 7.02. The second-order valence-corrected chi connectivity index (χ2v) is 6.69. The third kappa shape index (κ3) is 4.78. The molecule has 4 nitrogen and oxygen atoms in total. The van der Waals surface area contributed by atoms with Crippen LogP contribution in [-0.2, 0) is 4.74 Å². The van der Waals surface area contributed by atoms with Crippen molar-refractivity contribution in [3.05, 3.63) is 0 Å². The van der Waals surface area contributed by atoms with E-state index in [1.54, 1.807) is 0 Å². The first-order valence-electron chi connectivity index (χ1n) is 6.99. The van der Waals surface area contributed by atoms with E-state index in [0.29, 0.717) is 5.25 Å². The normalized spacial score (nSPS) is 25.5. The molecule has 0 aromatic heterocycles. The molecule has 0 aromatic carbocycles. The smallest absolute Gasteiger partial charge is 0.156 e. The molecule has 0 aliphatic carbocycles. The highest BCUT2D eigenvalue weighted by molar-refractivity contribution is 8.14. The lowest BCUT2D eigenvalue weighted by Gasteiger charge is -2.26. The fraction of sp³-hybridized carbons (Fsp3) is 0.923. The van der Waals surface area contributed by atoms with E-state index in [1.165, 1.54) is 6.42 Å². The Labute approximate surface area is 115 Å². The predicted molar refractivity (Wildman–Crippen MR) is 78.4 cm³/mol. The van der Waals surface area contributed by atoms with Gasteiger partial charge in [-0.3, -0.25) is 9.89 Å². The van der Waals surface area contributed by atoms with Crippen molar-refractivity contribution >= 4 is 16.9 Å². The van der Waals surface area contributed by atoms with Gasteiger partial charge in [-0.05, 0) is 12.3 Å². The summed E-state index contributed by atoms with van der Waals surface area (Å²) in [6.45, 7) is 11.5. The van der Waals surface area contributed by atoms with Gasteiger partial charge in [0.2, 0.25) is 0 Å². The highest BCUT2D eigenvalue weighted by atomic mass is 32.2. The first-order valence-corrected chi connectivity index (χ1v) is 7.87. The van der Waals surface area contributed by atoms with Crippen LogP contribution in [0.15, 0.2) is 4.99 Å². The van der Waals surface area contributed by atoms with Crippen molar-refractivity contribution in [3.63, 3.8) is 0 Å². The van der Waals surface area contributed by atoms with Gasteiger partial charge in [0.15, 0.2) is 5.17 Å². The Hall–Kier alpha value is -0.260. The first-order chi connectivity index (χ1) is 8.74. The zero-order valence-corrected chi connectivity index (χ0v) is 12.3. The van der Waals surface area contributed by atoms with Crippen LogP contribution < -0.4 is 5.32 Å². The number of aliphatic imine (C=N–C) groups is 1. The monoisotopic (exact) mass is 271 g/mol. The van der Waals surface area contributed by atoms with Gasteiger partial charge in [-0.15, -0.1) is 0 Å². The number of nitrogens with one attached hydrogen (secondary N) is 1. The summed E-state index contributed by atoms with van der Waals surface area (Å²) in [6.07, 6.45) is 1.27. The van der Waals surface area contributed by atoms with Crippen molar-refractivity contribution < 1.29 is 4.74 Å². The molecule has 0 spiro atoms. The third-order valence-electron chi connectivity index (χ3n) is 3.26. The van der Waals surface area contributed by atoms with E-state index >= 15 is 0 Å². The summed E-state index contributed by atoms with van der Waals surface area (Å²) >= 11 is 1.92. The number of nitrogens with zero attached hydrogens (tertiary/aromatic N) is 2. The standard InChI is InChI=1S/C13H25N3OS/c1-11(2)9-12-10-15-13(18-12)14-3-4-16-5-7-17-8-6-16/h11-12H,3-10H2,1-2H3,(H,14,15). The highest BCUT2D eigenvalue weighted by Gasteiger charge is 2.20. The summed E-state index contributed by atoms with van der Waals surface area (Å²) in [7, 11) is 0. The minimum Gasteiger partial charge on any atom is -0.379 e. The Kier molecular flexibility index (Phi) is 5.79. The molecule has 104 valence electrons. The van der Waals surface area contributed by atoms with Crippen molar-refractivity contribution in [1.82, 2.24) is 10.2 Å². The summed E-state index contributed by atoms with van der Waals surface area (Å²) < 4.78 is 5.34. The number of thioether (sulfide) groups is 1. The third-order valence-corrected chi connectivity index (χ3v) is 4.43. The molecule has 5 heteroatoms. The Morgan fingerprint density at radius 2 is 2.22 bits per heavy atom. The number of hydrogen-bond donors (Lipinski definition) is 1. The number of ether oxygens (including phenoxy) is 1. The van der Waals surface area contributed by atoms with Crippen molar-refractivity contribution in [2.45, 2.75) is 25.5 Å². The lowest BCUT2D eigenvalue weighted by atomic mass is 10.1. The largest absolute Gasteiger partial charge is 0.379 e. The van der Waals surface area contributed by atoms with Gasteiger partial charge in [0.25, 0.3) is 0 Å². The molecule has 0 aromatic rings. The molecule has 2 aliphatic heterocycles. The molecule has 1 unspecified atom stereocenters. The lowest BCUT2D eigenvalue weighted by Crippen LogP contribution is -2.40. The Morgan fingerprint density at radius 1 is 1.44 bits per heavy atom. The van der Waals surface area contributed by atoms with Crippen LogP contribution in [0.2, 0.25) is 0 Å². The average Bonchev–Trinajstić information content (AvgIpc) is 2.77. The van der Waals surface area contributed by atoms with E-state index in [0.717, 1.165) is 57.0 Å². The van der Waals surface area contributed by atoms with Crippen LogP contribution >= 0.6 is 11.8 Å². The molecule has 0 radical (unpaired) electrons. The molecule has 1 fully saturated rings. The Morgan fingerprint density at radius 3 is 2.94 bits per heavy atom. The minimum absolute atomic E-state index is 0.691. The van der Waals surface area contributed by atoms with Gasteiger partial charge in [0.05, 0.1) is 19.8 Å². The fourth-order valence-corrected chi connectivity index (χ4v) is 3.59. The van der Waals surface area contributed by atoms with Gasteiger partial charge in [0, 0.05) is 31.4 Å². The van der Waals surface area contributed by atoms with Gasteiger partial charge in [-0.1, -0.05) is 25.6 Å². The highest BCUT2D eigenvalue weighted by Crippen LogP contribution is 2.25. The van der Waals surface area contributed by atoms with E-state index in [2.05, 4.69) is 29.1 Å².